The second-order valence-electron chi connectivity index (χ2n) is 6.71. The predicted octanol–water partition coefficient (Wildman–Crippen LogP) is 3.53. The van der Waals surface area contributed by atoms with Gasteiger partial charge < -0.3 is 15.0 Å². The smallest absolute Gasteiger partial charge is 0.406 e. The molecule has 0 fully saturated rings. The second-order valence-corrected chi connectivity index (χ2v) is 6.71. The maximum atomic E-state index is 14.1. The van der Waals surface area contributed by atoms with Gasteiger partial charge in [0, 0.05) is 43.5 Å². The number of benzene rings is 1. The Morgan fingerprint density at radius 3 is 2.57 bits per heavy atom. The summed E-state index contributed by atoms with van der Waals surface area (Å²) in [4.78, 5) is 29.7. The molecule has 0 unspecified atom stereocenters. The quantitative estimate of drug-likeness (QED) is 0.655. The fourth-order valence-electron chi connectivity index (χ4n) is 2.61. The van der Waals surface area contributed by atoms with Gasteiger partial charge in [0.1, 0.15) is 11.6 Å². The Kier molecular flexibility index (Phi) is 7.73. The van der Waals surface area contributed by atoms with E-state index in [0.29, 0.717) is 5.56 Å². The number of rotatable bonds is 8. The van der Waals surface area contributed by atoms with Gasteiger partial charge in [0.05, 0.1) is 5.56 Å². The molecule has 0 saturated carbocycles. The third-order valence-electron chi connectivity index (χ3n) is 4.01. The number of nitrogens with zero attached hydrogens (tertiary/aromatic N) is 2. The lowest BCUT2D eigenvalue weighted by molar-refractivity contribution is -0.274. The molecule has 0 aliphatic heterocycles. The van der Waals surface area contributed by atoms with E-state index in [9.17, 15) is 27.2 Å². The lowest BCUT2D eigenvalue weighted by Gasteiger charge is -2.25. The van der Waals surface area contributed by atoms with Gasteiger partial charge in [0.25, 0.3) is 5.91 Å². The van der Waals surface area contributed by atoms with Gasteiger partial charge >= 0.3 is 6.36 Å². The van der Waals surface area contributed by atoms with Gasteiger partial charge in [-0.3, -0.25) is 14.6 Å². The Bertz CT molecular complexity index is 873. The monoisotopic (exact) mass is 427 g/mol. The van der Waals surface area contributed by atoms with Crippen molar-refractivity contribution >= 4 is 11.8 Å². The minimum Gasteiger partial charge on any atom is -0.406 e. The molecule has 30 heavy (non-hydrogen) atoms. The van der Waals surface area contributed by atoms with E-state index in [1.54, 1.807) is 26.0 Å². The summed E-state index contributed by atoms with van der Waals surface area (Å²) < 4.78 is 55.2. The summed E-state index contributed by atoms with van der Waals surface area (Å²) in [7, 11) is 0. The number of ether oxygens (including phenoxy) is 1. The van der Waals surface area contributed by atoms with Crippen LogP contribution in [-0.4, -0.2) is 41.2 Å². The summed E-state index contributed by atoms with van der Waals surface area (Å²) in [5, 5.41) is 2.63. The number of aromatic nitrogens is 1. The molecule has 0 atom stereocenters. The SMILES string of the molecule is CC(C)C(=O)N(CCNC(=O)c1cccnc1)Cc1cc(OC(F)(F)F)ccc1F. The Labute approximate surface area is 170 Å². The number of nitrogens with one attached hydrogen (secondary N) is 1. The van der Waals surface area contributed by atoms with Crippen LogP contribution in [-0.2, 0) is 11.3 Å². The lowest BCUT2D eigenvalue weighted by atomic mass is 10.1. The van der Waals surface area contributed by atoms with Crippen LogP contribution in [0, 0.1) is 11.7 Å². The van der Waals surface area contributed by atoms with Crippen LogP contribution in [0.5, 0.6) is 5.75 Å². The van der Waals surface area contributed by atoms with Crippen LogP contribution < -0.4 is 10.1 Å². The molecular weight excluding hydrogens is 406 g/mol. The summed E-state index contributed by atoms with van der Waals surface area (Å²) in [6.07, 6.45) is -2.02. The minimum absolute atomic E-state index is 0.0345. The van der Waals surface area contributed by atoms with Gasteiger partial charge in [-0.2, -0.15) is 0 Å². The van der Waals surface area contributed by atoms with E-state index in [1.807, 2.05) is 0 Å². The number of alkyl halides is 3. The minimum atomic E-state index is -4.92. The molecule has 2 rings (SSSR count). The van der Waals surface area contributed by atoms with E-state index in [0.717, 1.165) is 18.2 Å². The summed E-state index contributed by atoms with van der Waals surface area (Å²) in [6, 6.07) is 5.77. The molecule has 162 valence electrons. The average molecular weight is 427 g/mol. The Morgan fingerprint density at radius 1 is 1.23 bits per heavy atom. The molecule has 6 nitrogen and oxygen atoms in total. The molecule has 1 aromatic carbocycles. The molecule has 0 spiro atoms. The summed E-state index contributed by atoms with van der Waals surface area (Å²) in [5.74, 6) is -2.53. The molecule has 2 aromatic rings. The number of carbonyl (C=O) groups excluding carboxylic acids is 2. The van der Waals surface area contributed by atoms with Crippen molar-refractivity contribution in [2.24, 2.45) is 5.92 Å². The van der Waals surface area contributed by atoms with E-state index in [-0.39, 0.29) is 31.1 Å². The van der Waals surface area contributed by atoms with Gasteiger partial charge in [0.15, 0.2) is 0 Å². The molecule has 10 heteroatoms. The highest BCUT2D eigenvalue weighted by Gasteiger charge is 2.31. The van der Waals surface area contributed by atoms with Gasteiger partial charge in [-0.25, -0.2) is 4.39 Å². The summed E-state index contributed by atoms with van der Waals surface area (Å²) in [6.45, 7) is 3.10. The van der Waals surface area contributed by atoms with Crippen molar-refractivity contribution in [1.82, 2.24) is 15.2 Å². The number of carbonyl (C=O) groups is 2. The van der Waals surface area contributed by atoms with E-state index in [1.165, 1.54) is 17.3 Å². The van der Waals surface area contributed by atoms with E-state index < -0.39 is 29.8 Å². The van der Waals surface area contributed by atoms with Crippen LogP contribution in [0.1, 0.15) is 29.8 Å². The van der Waals surface area contributed by atoms with Gasteiger partial charge in [-0.15, -0.1) is 13.2 Å². The first-order valence-electron chi connectivity index (χ1n) is 9.08. The van der Waals surface area contributed by atoms with Gasteiger partial charge in [-0.1, -0.05) is 13.8 Å². The van der Waals surface area contributed by atoms with Crippen molar-refractivity contribution < 1.29 is 31.9 Å². The molecule has 1 N–H and O–H groups in total. The molecule has 0 aliphatic carbocycles. The highest BCUT2D eigenvalue weighted by Crippen LogP contribution is 2.25. The molecule has 0 bridgehead atoms. The first-order valence-corrected chi connectivity index (χ1v) is 9.08. The zero-order valence-electron chi connectivity index (χ0n) is 16.4. The van der Waals surface area contributed by atoms with Crippen LogP contribution in [0.25, 0.3) is 0 Å². The first-order chi connectivity index (χ1) is 14.1. The van der Waals surface area contributed by atoms with E-state index >= 15 is 0 Å². The number of hydrogen-bond donors (Lipinski definition) is 1. The van der Waals surface area contributed by atoms with Crippen molar-refractivity contribution in [3.63, 3.8) is 0 Å². The van der Waals surface area contributed by atoms with E-state index in [2.05, 4.69) is 15.0 Å². The molecular formula is C20H21F4N3O3. The Hall–Kier alpha value is -3.17. The Morgan fingerprint density at radius 2 is 1.97 bits per heavy atom. The lowest BCUT2D eigenvalue weighted by Crippen LogP contribution is -2.40. The van der Waals surface area contributed by atoms with Crippen LogP contribution >= 0.6 is 0 Å². The van der Waals surface area contributed by atoms with Crippen molar-refractivity contribution in [1.29, 1.82) is 0 Å². The van der Waals surface area contributed by atoms with E-state index in [4.69, 9.17) is 0 Å². The van der Waals surface area contributed by atoms with Crippen LogP contribution in [0.15, 0.2) is 42.7 Å². The van der Waals surface area contributed by atoms with Crippen LogP contribution in [0.4, 0.5) is 17.6 Å². The zero-order valence-corrected chi connectivity index (χ0v) is 16.4. The summed E-state index contributed by atoms with van der Waals surface area (Å²) in [5.41, 5.74) is 0.201. The highest BCUT2D eigenvalue weighted by atomic mass is 19.4. The number of amides is 2. The Balaban J connectivity index is 2.09. The molecule has 1 heterocycles. The standard InChI is InChI=1S/C20H21F4N3O3/c1-13(2)19(29)27(9-8-26-18(28)14-4-3-7-25-11-14)12-15-10-16(5-6-17(15)21)30-20(22,23)24/h3-7,10-11,13H,8-9,12H2,1-2H3,(H,26,28). The molecule has 0 saturated heterocycles. The zero-order chi connectivity index (χ0) is 22.3. The molecule has 0 radical (unpaired) electrons. The maximum Gasteiger partial charge on any atom is 0.573 e. The van der Waals surface area contributed by atoms with Crippen LogP contribution in [0.2, 0.25) is 0 Å². The fraction of sp³-hybridized carbons (Fsp3) is 0.350. The molecule has 2 amide bonds. The molecule has 0 aliphatic rings. The van der Waals surface area contributed by atoms with Gasteiger partial charge in [0.2, 0.25) is 5.91 Å². The number of pyridine rings is 1. The normalized spacial score (nSPS) is 11.3. The van der Waals surface area contributed by atoms with Crippen molar-refractivity contribution in [2.75, 3.05) is 13.1 Å². The topological polar surface area (TPSA) is 71.5 Å². The van der Waals surface area contributed by atoms with Crippen molar-refractivity contribution in [3.05, 3.63) is 59.7 Å². The summed E-state index contributed by atoms with van der Waals surface area (Å²) >= 11 is 0. The second kappa shape index (κ2) is 10.0. The van der Waals surface area contributed by atoms with Gasteiger partial charge in [-0.05, 0) is 30.3 Å². The van der Waals surface area contributed by atoms with Crippen molar-refractivity contribution in [2.45, 2.75) is 26.8 Å². The average Bonchev–Trinajstić information content (AvgIpc) is 2.68. The van der Waals surface area contributed by atoms with Crippen molar-refractivity contribution in [3.8, 4) is 5.75 Å². The predicted molar refractivity (Wildman–Crippen MR) is 99.9 cm³/mol. The largest absolute Gasteiger partial charge is 0.573 e. The maximum absolute atomic E-state index is 14.1. The highest BCUT2D eigenvalue weighted by molar-refractivity contribution is 5.93. The molecule has 1 aromatic heterocycles. The third kappa shape index (κ3) is 7.02. The fourth-order valence-corrected chi connectivity index (χ4v) is 2.61. The number of halogens is 4. The first kappa shape index (κ1) is 23.1. The third-order valence-corrected chi connectivity index (χ3v) is 4.01. The number of hydrogen-bond acceptors (Lipinski definition) is 4. The van der Waals surface area contributed by atoms with Crippen LogP contribution in [0.3, 0.4) is 0 Å².